The second-order valence-electron chi connectivity index (χ2n) is 5.38. The number of carbonyl (C=O) groups is 3. The Morgan fingerprint density at radius 2 is 1.91 bits per heavy atom. The molecule has 1 unspecified atom stereocenters. The number of ketones is 2. The number of aliphatic carboxylic acids is 1. The molecule has 1 aliphatic rings. The highest BCUT2D eigenvalue weighted by molar-refractivity contribution is 7.92. The molecule has 0 heterocycles. The van der Waals surface area contributed by atoms with E-state index in [-0.39, 0.29) is 22.2 Å². The van der Waals surface area contributed by atoms with Crippen molar-refractivity contribution >= 4 is 44.8 Å². The number of rotatable bonds is 7. The summed E-state index contributed by atoms with van der Waals surface area (Å²) in [6, 6.07) is 3.67. The van der Waals surface area contributed by atoms with Gasteiger partial charge in [0.1, 0.15) is 0 Å². The van der Waals surface area contributed by atoms with Crippen molar-refractivity contribution < 1.29 is 27.9 Å². The molecule has 9 heteroatoms. The molecule has 23 heavy (non-hydrogen) atoms. The van der Waals surface area contributed by atoms with Crippen molar-refractivity contribution in [1.82, 2.24) is 0 Å². The van der Waals surface area contributed by atoms with Crippen LogP contribution in [0, 0.1) is 11.8 Å². The first-order valence-corrected chi connectivity index (χ1v) is 8.95. The van der Waals surface area contributed by atoms with Crippen molar-refractivity contribution in [3.05, 3.63) is 28.8 Å². The summed E-state index contributed by atoms with van der Waals surface area (Å²) in [5.74, 6) is -5.19. The van der Waals surface area contributed by atoms with E-state index in [4.69, 9.17) is 11.6 Å². The van der Waals surface area contributed by atoms with Crippen LogP contribution in [0.3, 0.4) is 0 Å². The zero-order valence-corrected chi connectivity index (χ0v) is 13.6. The molecular formula is C14H14ClNO6S. The lowest BCUT2D eigenvalue weighted by molar-refractivity contribution is -0.144. The van der Waals surface area contributed by atoms with Gasteiger partial charge in [-0.1, -0.05) is 11.6 Å². The van der Waals surface area contributed by atoms with Crippen LogP contribution in [0.15, 0.2) is 18.2 Å². The maximum absolute atomic E-state index is 12.4. The Bertz CT molecular complexity index is 784. The van der Waals surface area contributed by atoms with Crippen molar-refractivity contribution in [2.75, 3.05) is 11.0 Å². The molecule has 0 aliphatic heterocycles. The topological polar surface area (TPSA) is 118 Å². The van der Waals surface area contributed by atoms with E-state index in [2.05, 4.69) is 4.72 Å². The Hall–Kier alpha value is -1.93. The van der Waals surface area contributed by atoms with Crippen LogP contribution in [0.4, 0.5) is 5.69 Å². The number of carboxylic acid groups (broad SMARTS) is 1. The third-order valence-electron chi connectivity index (χ3n) is 3.31. The second-order valence-corrected chi connectivity index (χ2v) is 7.54. The summed E-state index contributed by atoms with van der Waals surface area (Å²) >= 11 is 5.94. The first kappa shape index (κ1) is 17.4. The van der Waals surface area contributed by atoms with Gasteiger partial charge in [0, 0.05) is 17.2 Å². The second kappa shape index (κ2) is 6.29. The summed E-state index contributed by atoms with van der Waals surface area (Å²) < 4.78 is 24.5. The number of hydrogen-bond acceptors (Lipinski definition) is 5. The quantitative estimate of drug-likeness (QED) is 0.563. The van der Waals surface area contributed by atoms with Crippen LogP contribution in [0.1, 0.15) is 23.2 Å². The lowest BCUT2D eigenvalue weighted by atomic mass is 9.91. The lowest BCUT2D eigenvalue weighted by Gasteiger charge is -2.12. The number of nitrogens with one attached hydrogen (secondary N) is 1. The van der Waals surface area contributed by atoms with Gasteiger partial charge in [-0.15, -0.1) is 0 Å². The van der Waals surface area contributed by atoms with Gasteiger partial charge >= 0.3 is 5.97 Å². The number of carbonyl (C=O) groups excluding carboxylic acids is 2. The number of hydrogen-bond donors (Lipinski definition) is 2. The molecule has 1 aromatic rings. The van der Waals surface area contributed by atoms with Crippen molar-refractivity contribution in [3.8, 4) is 0 Å². The maximum Gasteiger partial charge on any atom is 0.322 e. The summed E-state index contributed by atoms with van der Waals surface area (Å²) in [6.07, 6.45) is 2.12. The van der Waals surface area contributed by atoms with Crippen LogP contribution in [-0.4, -0.2) is 37.3 Å². The van der Waals surface area contributed by atoms with Crippen molar-refractivity contribution in [3.63, 3.8) is 0 Å². The van der Waals surface area contributed by atoms with Crippen LogP contribution in [0.25, 0.3) is 0 Å². The largest absolute Gasteiger partial charge is 0.480 e. The van der Waals surface area contributed by atoms with Crippen LogP contribution in [0.2, 0.25) is 5.02 Å². The molecule has 1 fully saturated rings. The van der Waals surface area contributed by atoms with Gasteiger partial charge in [-0.05, 0) is 31.0 Å². The number of halogens is 1. The van der Waals surface area contributed by atoms with E-state index in [0.717, 1.165) is 6.26 Å². The van der Waals surface area contributed by atoms with E-state index in [1.54, 1.807) is 0 Å². The number of Topliss-reactive ketones (excluding diaryl/α,β-unsaturated/α-hetero) is 2. The molecule has 0 amide bonds. The molecule has 7 nitrogen and oxygen atoms in total. The molecular weight excluding hydrogens is 346 g/mol. The van der Waals surface area contributed by atoms with Gasteiger partial charge in [0.25, 0.3) is 0 Å². The van der Waals surface area contributed by atoms with E-state index >= 15 is 0 Å². The van der Waals surface area contributed by atoms with E-state index in [9.17, 15) is 27.9 Å². The molecule has 0 bridgehead atoms. The average Bonchev–Trinajstić information content (AvgIpc) is 3.20. The minimum absolute atomic E-state index is 0.126. The normalized spacial score (nSPS) is 15.7. The predicted molar refractivity (Wildman–Crippen MR) is 83.1 cm³/mol. The summed E-state index contributed by atoms with van der Waals surface area (Å²) in [7, 11) is -3.52. The molecule has 2 N–H and O–H groups in total. The van der Waals surface area contributed by atoms with Crippen LogP contribution < -0.4 is 4.72 Å². The number of carboxylic acids is 1. The Balaban J connectivity index is 2.30. The van der Waals surface area contributed by atoms with Crippen LogP contribution >= 0.6 is 11.6 Å². The smallest absolute Gasteiger partial charge is 0.322 e. The standard InChI is InChI=1S/C14H14ClNO6S/c1-23(21,22)16-8-4-5-9(10(15)6-8)13(18)11(14(19)20)12(17)7-2-3-7/h4-7,11,16H,2-3H2,1H3,(H,19,20). The molecule has 1 atom stereocenters. The average molecular weight is 360 g/mol. The zero-order chi connectivity index (χ0) is 17.4. The molecule has 0 aromatic heterocycles. The summed E-state index contributed by atoms with van der Waals surface area (Å²) in [4.78, 5) is 35.6. The Morgan fingerprint density at radius 3 is 2.35 bits per heavy atom. The minimum Gasteiger partial charge on any atom is -0.480 e. The fourth-order valence-corrected chi connectivity index (χ4v) is 2.94. The molecule has 0 spiro atoms. The predicted octanol–water partition coefficient (Wildman–Crippen LogP) is 1.57. The molecule has 124 valence electrons. The van der Waals surface area contributed by atoms with Crippen LogP contribution in [-0.2, 0) is 19.6 Å². The van der Waals surface area contributed by atoms with E-state index in [1.807, 2.05) is 0 Å². The number of sulfonamides is 1. The highest BCUT2D eigenvalue weighted by atomic mass is 35.5. The first-order chi connectivity index (χ1) is 10.6. The third kappa shape index (κ3) is 4.29. The fourth-order valence-electron chi connectivity index (χ4n) is 2.11. The minimum atomic E-state index is -3.52. The van der Waals surface area contributed by atoms with Gasteiger partial charge < -0.3 is 5.11 Å². The summed E-state index contributed by atoms with van der Waals surface area (Å²) in [5.41, 5.74) is 0.00145. The Kier molecular flexibility index (Phi) is 4.76. The van der Waals surface area contributed by atoms with Gasteiger partial charge in [0.15, 0.2) is 17.5 Å². The highest BCUT2D eigenvalue weighted by Crippen LogP contribution is 2.34. The zero-order valence-electron chi connectivity index (χ0n) is 12.1. The van der Waals surface area contributed by atoms with Gasteiger partial charge in [-0.2, -0.15) is 0 Å². The molecule has 1 saturated carbocycles. The van der Waals surface area contributed by atoms with Crippen molar-refractivity contribution in [2.24, 2.45) is 11.8 Å². The molecule has 0 radical (unpaired) electrons. The van der Waals surface area contributed by atoms with Gasteiger partial charge in [0.2, 0.25) is 10.0 Å². The van der Waals surface area contributed by atoms with E-state index in [0.29, 0.717) is 12.8 Å². The third-order valence-corrected chi connectivity index (χ3v) is 4.23. The Labute approximate surface area is 137 Å². The summed E-state index contributed by atoms with van der Waals surface area (Å²) in [5, 5.41) is 9.05. The highest BCUT2D eigenvalue weighted by Gasteiger charge is 2.43. The van der Waals surface area contributed by atoms with Gasteiger partial charge in [-0.3, -0.25) is 19.1 Å². The summed E-state index contributed by atoms with van der Waals surface area (Å²) in [6.45, 7) is 0. The molecule has 2 rings (SSSR count). The van der Waals surface area contributed by atoms with Crippen molar-refractivity contribution in [1.29, 1.82) is 0 Å². The molecule has 0 saturated heterocycles. The Morgan fingerprint density at radius 1 is 1.30 bits per heavy atom. The van der Waals surface area contributed by atoms with Crippen LogP contribution in [0.5, 0.6) is 0 Å². The van der Waals surface area contributed by atoms with Crippen molar-refractivity contribution in [2.45, 2.75) is 12.8 Å². The molecule has 1 aromatic carbocycles. The van der Waals surface area contributed by atoms with E-state index in [1.165, 1.54) is 18.2 Å². The monoisotopic (exact) mass is 359 g/mol. The maximum atomic E-state index is 12.4. The van der Waals surface area contributed by atoms with Gasteiger partial charge in [0.05, 0.1) is 11.3 Å². The van der Waals surface area contributed by atoms with E-state index < -0.39 is 33.5 Å². The van der Waals surface area contributed by atoms with Gasteiger partial charge in [-0.25, -0.2) is 8.42 Å². The number of anilines is 1. The number of benzene rings is 1. The molecule has 1 aliphatic carbocycles. The lowest BCUT2D eigenvalue weighted by Crippen LogP contribution is -2.33. The SMILES string of the molecule is CS(=O)(=O)Nc1ccc(C(=O)C(C(=O)O)C(=O)C2CC2)c(Cl)c1. The first-order valence-electron chi connectivity index (χ1n) is 6.68. The fraction of sp³-hybridized carbons (Fsp3) is 0.357.